The van der Waals surface area contributed by atoms with Crippen molar-refractivity contribution < 1.29 is 14.3 Å². The maximum Gasteiger partial charge on any atom is 0.265 e. The van der Waals surface area contributed by atoms with Gasteiger partial charge in [0, 0.05) is 19.6 Å². The van der Waals surface area contributed by atoms with E-state index in [0.717, 1.165) is 25.9 Å². The zero-order valence-corrected chi connectivity index (χ0v) is 14.6. The molecule has 2 aliphatic rings. The summed E-state index contributed by atoms with van der Waals surface area (Å²) >= 11 is 0. The van der Waals surface area contributed by atoms with Gasteiger partial charge in [-0.3, -0.25) is 14.3 Å². The number of carbonyl (C=O) groups is 2. The van der Waals surface area contributed by atoms with Crippen molar-refractivity contribution in [3.63, 3.8) is 0 Å². The molecular weight excluding hydrogens is 334 g/mol. The molecule has 2 aromatic rings. The summed E-state index contributed by atoms with van der Waals surface area (Å²) in [7, 11) is 0. The highest BCUT2D eigenvalue weighted by atomic mass is 16.5. The van der Waals surface area contributed by atoms with Crippen LogP contribution >= 0.6 is 0 Å². The van der Waals surface area contributed by atoms with Crippen LogP contribution in [-0.4, -0.2) is 50.7 Å². The molecule has 2 amide bonds. The van der Waals surface area contributed by atoms with Gasteiger partial charge in [-0.15, -0.1) is 0 Å². The zero-order valence-electron chi connectivity index (χ0n) is 14.6. The van der Waals surface area contributed by atoms with Crippen LogP contribution in [0.3, 0.4) is 0 Å². The van der Waals surface area contributed by atoms with Crippen molar-refractivity contribution in [1.82, 2.24) is 19.7 Å². The predicted octanol–water partition coefficient (Wildman–Crippen LogP) is 1.55. The number of likely N-dealkylation sites (tertiary alicyclic amines) is 1. The summed E-state index contributed by atoms with van der Waals surface area (Å²) in [5, 5.41) is 6.95. The van der Waals surface area contributed by atoms with E-state index in [1.165, 1.54) is 6.33 Å². The van der Waals surface area contributed by atoms with Crippen molar-refractivity contribution in [2.75, 3.05) is 18.4 Å². The highest BCUT2D eigenvalue weighted by Gasteiger charge is 2.31. The Labute approximate surface area is 151 Å². The van der Waals surface area contributed by atoms with Crippen molar-refractivity contribution in [3.8, 4) is 5.75 Å². The Balaban J connectivity index is 1.52. The molecule has 1 aromatic heterocycles. The molecule has 0 saturated carbocycles. The van der Waals surface area contributed by atoms with Gasteiger partial charge in [0.05, 0.1) is 11.3 Å². The van der Waals surface area contributed by atoms with Crippen molar-refractivity contribution in [3.05, 3.63) is 36.4 Å². The summed E-state index contributed by atoms with van der Waals surface area (Å²) < 4.78 is 7.53. The number of fused-ring (bicyclic) bond motifs is 1. The molecule has 2 unspecified atom stereocenters. The third-order valence-corrected chi connectivity index (χ3v) is 4.89. The fraction of sp³-hybridized carbons (Fsp3) is 0.444. The number of nitrogens with zero attached hydrogens (tertiary/aromatic N) is 4. The molecule has 136 valence electrons. The molecule has 8 nitrogen and oxygen atoms in total. The van der Waals surface area contributed by atoms with Crippen LogP contribution in [-0.2, 0) is 11.3 Å². The number of para-hydroxylation sites is 1. The molecule has 2 atom stereocenters. The smallest absolute Gasteiger partial charge is 0.265 e. The summed E-state index contributed by atoms with van der Waals surface area (Å²) in [6.45, 7) is 3.82. The van der Waals surface area contributed by atoms with Gasteiger partial charge in [-0.25, -0.2) is 4.98 Å². The first kappa shape index (κ1) is 16.6. The lowest BCUT2D eigenvalue weighted by atomic mass is 9.97. The first-order chi connectivity index (χ1) is 12.6. The predicted molar refractivity (Wildman–Crippen MR) is 93.8 cm³/mol. The Bertz CT molecular complexity index is 820. The number of benzene rings is 1. The van der Waals surface area contributed by atoms with Crippen LogP contribution in [0.5, 0.6) is 5.75 Å². The van der Waals surface area contributed by atoms with E-state index in [-0.39, 0.29) is 11.8 Å². The van der Waals surface area contributed by atoms with E-state index in [1.54, 1.807) is 31.5 Å². The van der Waals surface area contributed by atoms with E-state index < -0.39 is 6.10 Å². The SMILES string of the molecule is CC1Oc2c(cccc2C(=O)N2CCCC(Cn3cncn3)C2)NC1=O. The number of carbonyl (C=O) groups excluding carboxylic acids is 2. The fourth-order valence-electron chi connectivity index (χ4n) is 3.56. The largest absolute Gasteiger partial charge is 0.478 e. The topological polar surface area (TPSA) is 89.3 Å². The maximum absolute atomic E-state index is 13.1. The number of amides is 2. The normalized spacial score (nSPS) is 22.3. The molecule has 0 spiro atoms. The van der Waals surface area contributed by atoms with Crippen LogP contribution < -0.4 is 10.1 Å². The van der Waals surface area contributed by atoms with Gasteiger partial charge >= 0.3 is 0 Å². The summed E-state index contributed by atoms with van der Waals surface area (Å²) in [4.78, 5) is 30.7. The van der Waals surface area contributed by atoms with Crippen LogP contribution in [0.15, 0.2) is 30.9 Å². The van der Waals surface area contributed by atoms with E-state index in [1.807, 2.05) is 9.58 Å². The lowest BCUT2D eigenvalue weighted by Gasteiger charge is -2.34. The Morgan fingerprint density at radius 1 is 1.42 bits per heavy atom. The zero-order chi connectivity index (χ0) is 18.1. The van der Waals surface area contributed by atoms with Crippen LogP contribution in [0, 0.1) is 5.92 Å². The third-order valence-electron chi connectivity index (χ3n) is 4.89. The second-order valence-electron chi connectivity index (χ2n) is 6.81. The molecule has 8 heteroatoms. The first-order valence-electron chi connectivity index (χ1n) is 8.84. The van der Waals surface area contributed by atoms with E-state index in [9.17, 15) is 9.59 Å². The van der Waals surface area contributed by atoms with Crippen molar-refractivity contribution in [1.29, 1.82) is 0 Å². The number of piperidine rings is 1. The number of anilines is 1. The standard InChI is InChI=1S/C18H21N5O3/c1-12-17(24)21-15-6-2-5-14(16(15)26-12)18(25)22-7-3-4-13(8-22)9-23-11-19-10-20-23/h2,5-6,10-13H,3-4,7-9H2,1H3,(H,21,24). The van der Waals surface area contributed by atoms with Gasteiger partial charge in [-0.05, 0) is 37.8 Å². The molecule has 0 aliphatic carbocycles. The van der Waals surface area contributed by atoms with E-state index in [4.69, 9.17) is 4.74 Å². The lowest BCUT2D eigenvalue weighted by molar-refractivity contribution is -0.122. The molecule has 1 fully saturated rings. The summed E-state index contributed by atoms with van der Waals surface area (Å²) in [6.07, 6.45) is 4.62. The second kappa shape index (κ2) is 6.78. The number of nitrogens with one attached hydrogen (secondary N) is 1. The molecule has 2 aliphatic heterocycles. The molecule has 0 bridgehead atoms. The van der Waals surface area contributed by atoms with Gasteiger partial charge < -0.3 is 15.0 Å². The number of rotatable bonds is 3. The average molecular weight is 355 g/mol. The second-order valence-corrected chi connectivity index (χ2v) is 6.81. The Kier molecular flexibility index (Phi) is 4.32. The van der Waals surface area contributed by atoms with Crippen LogP contribution in [0.1, 0.15) is 30.1 Å². The molecule has 1 saturated heterocycles. The van der Waals surface area contributed by atoms with Crippen LogP contribution in [0.25, 0.3) is 0 Å². The van der Waals surface area contributed by atoms with Gasteiger partial charge in [-0.1, -0.05) is 6.07 Å². The summed E-state index contributed by atoms with van der Waals surface area (Å²) in [5.74, 6) is 0.540. The lowest BCUT2D eigenvalue weighted by Crippen LogP contribution is -2.42. The molecular formula is C18H21N5O3. The van der Waals surface area contributed by atoms with Gasteiger partial charge in [-0.2, -0.15) is 5.10 Å². The van der Waals surface area contributed by atoms with Gasteiger partial charge in [0.2, 0.25) is 0 Å². The minimum atomic E-state index is -0.613. The monoisotopic (exact) mass is 355 g/mol. The maximum atomic E-state index is 13.1. The van der Waals surface area contributed by atoms with Crippen molar-refractivity contribution >= 4 is 17.5 Å². The van der Waals surface area contributed by atoms with Gasteiger partial charge in [0.1, 0.15) is 12.7 Å². The van der Waals surface area contributed by atoms with E-state index in [0.29, 0.717) is 29.5 Å². The van der Waals surface area contributed by atoms with Crippen LogP contribution in [0.2, 0.25) is 0 Å². The molecule has 0 radical (unpaired) electrons. The average Bonchev–Trinajstić information content (AvgIpc) is 3.15. The number of aromatic nitrogens is 3. The molecule has 1 N–H and O–H groups in total. The minimum absolute atomic E-state index is 0.0616. The highest BCUT2D eigenvalue weighted by molar-refractivity contribution is 6.04. The van der Waals surface area contributed by atoms with Crippen LogP contribution in [0.4, 0.5) is 5.69 Å². The molecule has 26 heavy (non-hydrogen) atoms. The number of hydrogen-bond donors (Lipinski definition) is 1. The van der Waals surface area contributed by atoms with E-state index in [2.05, 4.69) is 15.4 Å². The van der Waals surface area contributed by atoms with Crippen molar-refractivity contribution in [2.45, 2.75) is 32.4 Å². The number of hydrogen-bond acceptors (Lipinski definition) is 5. The summed E-state index contributed by atoms with van der Waals surface area (Å²) in [6, 6.07) is 5.27. The highest BCUT2D eigenvalue weighted by Crippen LogP contribution is 2.34. The Morgan fingerprint density at radius 2 is 2.31 bits per heavy atom. The van der Waals surface area contributed by atoms with Gasteiger partial charge in [0.25, 0.3) is 11.8 Å². The summed E-state index contributed by atoms with van der Waals surface area (Å²) in [5.41, 5.74) is 1.05. The molecule has 1 aromatic carbocycles. The number of ether oxygens (including phenoxy) is 1. The fourth-order valence-corrected chi connectivity index (χ4v) is 3.56. The Hall–Kier alpha value is -2.90. The Morgan fingerprint density at radius 3 is 3.12 bits per heavy atom. The van der Waals surface area contributed by atoms with E-state index >= 15 is 0 Å². The van der Waals surface area contributed by atoms with Gasteiger partial charge in [0.15, 0.2) is 11.9 Å². The first-order valence-corrected chi connectivity index (χ1v) is 8.84. The molecule has 4 rings (SSSR count). The molecule has 3 heterocycles. The minimum Gasteiger partial charge on any atom is -0.478 e. The third kappa shape index (κ3) is 3.14. The van der Waals surface area contributed by atoms with Crippen molar-refractivity contribution in [2.24, 2.45) is 5.92 Å². The quantitative estimate of drug-likeness (QED) is 0.902.